The van der Waals surface area contributed by atoms with Crippen LogP contribution < -0.4 is 5.32 Å². The minimum Gasteiger partial charge on any atom is -0.469 e. The molecule has 0 saturated heterocycles. The van der Waals surface area contributed by atoms with Crippen molar-refractivity contribution in [2.24, 2.45) is 0 Å². The Balaban J connectivity index is 1.96. The van der Waals surface area contributed by atoms with E-state index in [1.54, 1.807) is 6.26 Å². The molecule has 3 heteroatoms. The van der Waals surface area contributed by atoms with Crippen LogP contribution in [0.2, 0.25) is 0 Å². The van der Waals surface area contributed by atoms with E-state index in [2.05, 4.69) is 12.2 Å². The summed E-state index contributed by atoms with van der Waals surface area (Å²) < 4.78 is 5.30. The van der Waals surface area contributed by atoms with Gasteiger partial charge in [-0.2, -0.15) is 0 Å². The fourth-order valence-corrected chi connectivity index (χ4v) is 1.74. The first-order chi connectivity index (χ1) is 7.83. The van der Waals surface area contributed by atoms with Gasteiger partial charge in [0.15, 0.2) is 0 Å². The molecule has 16 heavy (non-hydrogen) atoms. The zero-order valence-electron chi connectivity index (χ0n) is 10.1. The SMILES string of the molecule is CC(Cc1ccco1)NCCCCCCO. The van der Waals surface area contributed by atoms with Crippen molar-refractivity contribution in [2.75, 3.05) is 13.2 Å². The second-order valence-corrected chi connectivity index (χ2v) is 4.28. The fourth-order valence-electron chi connectivity index (χ4n) is 1.74. The number of hydrogen-bond acceptors (Lipinski definition) is 3. The van der Waals surface area contributed by atoms with Crippen molar-refractivity contribution in [1.82, 2.24) is 5.32 Å². The summed E-state index contributed by atoms with van der Waals surface area (Å²) in [4.78, 5) is 0. The van der Waals surface area contributed by atoms with Gasteiger partial charge in [-0.05, 0) is 38.4 Å². The lowest BCUT2D eigenvalue weighted by molar-refractivity contribution is 0.282. The van der Waals surface area contributed by atoms with Gasteiger partial charge in [-0.25, -0.2) is 0 Å². The Bertz CT molecular complexity index is 246. The van der Waals surface area contributed by atoms with Crippen molar-refractivity contribution in [3.05, 3.63) is 24.2 Å². The van der Waals surface area contributed by atoms with Gasteiger partial charge in [0, 0.05) is 19.1 Å². The molecule has 0 aromatic carbocycles. The maximum Gasteiger partial charge on any atom is 0.105 e. The molecule has 0 radical (unpaired) electrons. The summed E-state index contributed by atoms with van der Waals surface area (Å²) in [7, 11) is 0. The molecule has 0 saturated carbocycles. The normalized spacial score (nSPS) is 12.9. The smallest absolute Gasteiger partial charge is 0.105 e. The molecule has 0 fully saturated rings. The van der Waals surface area contributed by atoms with Crippen molar-refractivity contribution in [1.29, 1.82) is 0 Å². The Kier molecular flexibility index (Phi) is 6.93. The quantitative estimate of drug-likeness (QED) is 0.634. The van der Waals surface area contributed by atoms with Crippen molar-refractivity contribution >= 4 is 0 Å². The Morgan fingerprint density at radius 1 is 1.31 bits per heavy atom. The fraction of sp³-hybridized carbons (Fsp3) is 0.692. The van der Waals surface area contributed by atoms with Gasteiger partial charge in [0.2, 0.25) is 0 Å². The highest BCUT2D eigenvalue weighted by molar-refractivity contribution is 4.99. The second-order valence-electron chi connectivity index (χ2n) is 4.28. The molecule has 1 atom stereocenters. The highest BCUT2D eigenvalue weighted by Crippen LogP contribution is 2.04. The minimum absolute atomic E-state index is 0.322. The number of aliphatic hydroxyl groups is 1. The van der Waals surface area contributed by atoms with Crippen LogP contribution in [0.3, 0.4) is 0 Å². The first-order valence-electron chi connectivity index (χ1n) is 6.19. The number of furan rings is 1. The van der Waals surface area contributed by atoms with Crippen LogP contribution in [-0.2, 0) is 6.42 Å². The van der Waals surface area contributed by atoms with E-state index in [-0.39, 0.29) is 0 Å². The molecule has 1 rings (SSSR count). The van der Waals surface area contributed by atoms with Crippen LogP contribution in [-0.4, -0.2) is 24.3 Å². The standard InChI is InChI=1S/C13H23NO2/c1-12(11-13-7-6-10-16-13)14-8-4-2-3-5-9-15/h6-7,10,12,14-15H,2-5,8-9,11H2,1H3. The van der Waals surface area contributed by atoms with E-state index in [0.717, 1.165) is 31.6 Å². The highest BCUT2D eigenvalue weighted by atomic mass is 16.3. The van der Waals surface area contributed by atoms with Gasteiger partial charge in [0.25, 0.3) is 0 Å². The van der Waals surface area contributed by atoms with Crippen molar-refractivity contribution in [3.63, 3.8) is 0 Å². The molecule has 1 heterocycles. The number of hydrogen-bond donors (Lipinski definition) is 2. The van der Waals surface area contributed by atoms with Gasteiger partial charge < -0.3 is 14.8 Å². The topological polar surface area (TPSA) is 45.4 Å². The molecule has 1 aromatic rings. The maximum absolute atomic E-state index is 8.63. The van der Waals surface area contributed by atoms with Crippen LogP contribution in [0, 0.1) is 0 Å². The maximum atomic E-state index is 8.63. The van der Waals surface area contributed by atoms with Gasteiger partial charge in [-0.1, -0.05) is 12.8 Å². The summed E-state index contributed by atoms with van der Waals surface area (Å²) in [5.41, 5.74) is 0. The molecule has 0 spiro atoms. The van der Waals surface area contributed by atoms with Gasteiger partial charge in [0.05, 0.1) is 6.26 Å². The van der Waals surface area contributed by atoms with Crippen LogP contribution in [0.25, 0.3) is 0 Å². The van der Waals surface area contributed by atoms with E-state index in [1.807, 2.05) is 12.1 Å². The van der Waals surface area contributed by atoms with E-state index >= 15 is 0 Å². The molecule has 0 aliphatic heterocycles. The largest absolute Gasteiger partial charge is 0.469 e. The summed E-state index contributed by atoms with van der Waals surface area (Å²) in [5.74, 6) is 1.04. The number of nitrogens with one attached hydrogen (secondary N) is 1. The summed E-state index contributed by atoms with van der Waals surface area (Å²) in [6.45, 7) is 3.55. The van der Waals surface area contributed by atoms with Gasteiger partial charge in [0.1, 0.15) is 5.76 Å². The molecular weight excluding hydrogens is 202 g/mol. The molecule has 92 valence electrons. The third-order valence-electron chi connectivity index (χ3n) is 2.67. The molecule has 1 aromatic heterocycles. The highest BCUT2D eigenvalue weighted by Gasteiger charge is 2.04. The Morgan fingerprint density at radius 2 is 2.12 bits per heavy atom. The van der Waals surface area contributed by atoms with Crippen LogP contribution in [0.5, 0.6) is 0 Å². The van der Waals surface area contributed by atoms with E-state index < -0.39 is 0 Å². The molecule has 0 bridgehead atoms. The molecule has 0 aliphatic carbocycles. The number of rotatable bonds is 9. The average molecular weight is 225 g/mol. The van der Waals surface area contributed by atoms with Gasteiger partial charge in [-0.3, -0.25) is 0 Å². The van der Waals surface area contributed by atoms with E-state index in [4.69, 9.17) is 9.52 Å². The first kappa shape index (κ1) is 13.3. The molecule has 0 amide bonds. The van der Waals surface area contributed by atoms with Crippen molar-refractivity contribution in [3.8, 4) is 0 Å². The predicted octanol–water partition coefficient (Wildman–Crippen LogP) is 2.35. The van der Waals surface area contributed by atoms with Crippen LogP contribution in [0.1, 0.15) is 38.4 Å². The van der Waals surface area contributed by atoms with E-state index in [1.165, 1.54) is 12.8 Å². The molecule has 1 unspecified atom stereocenters. The summed E-state index contributed by atoms with van der Waals surface area (Å²) in [6, 6.07) is 4.40. The molecule has 0 aliphatic rings. The number of unbranched alkanes of at least 4 members (excludes halogenated alkanes) is 3. The molecule has 2 N–H and O–H groups in total. The average Bonchev–Trinajstić information content (AvgIpc) is 2.76. The van der Waals surface area contributed by atoms with Gasteiger partial charge >= 0.3 is 0 Å². The Labute approximate surface area is 97.9 Å². The van der Waals surface area contributed by atoms with Crippen LogP contribution in [0.15, 0.2) is 22.8 Å². The van der Waals surface area contributed by atoms with Crippen LogP contribution >= 0.6 is 0 Å². The van der Waals surface area contributed by atoms with Crippen molar-refractivity contribution in [2.45, 2.75) is 45.1 Å². The Morgan fingerprint density at radius 3 is 2.81 bits per heavy atom. The second kappa shape index (κ2) is 8.36. The predicted molar refractivity (Wildman–Crippen MR) is 65.4 cm³/mol. The third kappa shape index (κ3) is 5.93. The summed E-state index contributed by atoms with van der Waals surface area (Å²) in [5, 5.41) is 12.1. The third-order valence-corrected chi connectivity index (χ3v) is 2.67. The number of aliphatic hydroxyl groups excluding tert-OH is 1. The lowest BCUT2D eigenvalue weighted by Gasteiger charge is -2.11. The molecule has 3 nitrogen and oxygen atoms in total. The van der Waals surface area contributed by atoms with Crippen molar-refractivity contribution < 1.29 is 9.52 Å². The zero-order chi connectivity index (χ0) is 11.6. The molecular formula is C13H23NO2. The first-order valence-corrected chi connectivity index (χ1v) is 6.19. The lowest BCUT2D eigenvalue weighted by atomic mass is 10.1. The monoisotopic (exact) mass is 225 g/mol. The van der Waals surface area contributed by atoms with Gasteiger partial charge in [-0.15, -0.1) is 0 Å². The summed E-state index contributed by atoms with van der Waals surface area (Å²) >= 11 is 0. The van der Waals surface area contributed by atoms with E-state index in [9.17, 15) is 0 Å². The van der Waals surface area contributed by atoms with E-state index in [0.29, 0.717) is 12.6 Å². The Hall–Kier alpha value is -0.800. The lowest BCUT2D eigenvalue weighted by Crippen LogP contribution is -2.28. The summed E-state index contributed by atoms with van der Waals surface area (Å²) in [6.07, 6.45) is 7.11. The van der Waals surface area contributed by atoms with Crippen LogP contribution in [0.4, 0.5) is 0 Å². The minimum atomic E-state index is 0.322. The zero-order valence-corrected chi connectivity index (χ0v) is 10.1.